The second-order valence-electron chi connectivity index (χ2n) is 9.85. The van der Waals surface area contributed by atoms with Crippen LogP contribution < -0.4 is 20.7 Å². The van der Waals surface area contributed by atoms with Crippen LogP contribution in [-0.2, 0) is 11.2 Å². The highest BCUT2D eigenvalue weighted by atomic mass is 32.1. The van der Waals surface area contributed by atoms with Crippen molar-refractivity contribution in [3.05, 3.63) is 46.8 Å². The largest absolute Gasteiger partial charge is 0.444 e. The molecule has 1 fully saturated rings. The van der Waals surface area contributed by atoms with Gasteiger partial charge in [0.25, 0.3) is 5.91 Å². The van der Waals surface area contributed by atoms with Crippen LogP contribution >= 0.6 is 11.3 Å². The number of nitrogens with zero attached hydrogens (tertiary/aromatic N) is 3. The second-order valence-corrected chi connectivity index (χ2v) is 10.9. The molecule has 0 radical (unpaired) electrons. The van der Waals surface area contributed by atoms with Gasteiger partial charge in [0, 0.05) is 49.9 Å². The van der Waals surface area contributed by atoms with Gasteiger partial charge < -0.3 is 30.3 Å². The molecule has 0 atom stereocenters. The lowest BCUT2D eigenvalue weighted by molar-refractivity contribution is -0.0526. The zero-order valence-electron chi connectivity index (χ0n) is 21.5. The van der Waals surface area contributed by atoms with Crippen LogP contribution in [0.3, 0.4) is 0 Å². The normalized spacial score (nSPS) is 14.2. The molecule has 0 spiro atoms. The highest BCUT2D eigenvalue weighted by molar-refractivity contribution is 7.21. The molecule has 9 nitrogen and oxygen atoms in total. The summed E-state index contributed by atoms with van der Waals surface area (Å²) in [6.45, 7) is 5.62. The van der Waals surface area contributed by atoms with E-state index in [0.29, 0.717) is 36.3 Å². The summed E-state index contributed by atoms with van der Waals surface area (Å²) in [6.07, 6.45) is 0.335. The maximum absolute atomic E-state index is 12.7. The highest BCUT2D eigenvalue weighted by Gasteiger charge is 2.26. The monoisotopic (exact) mass is 547 g/mol. The van der Waals surface area contributed by atoms with E-state index in [-0.39, 0.29) is 28.4 Å². The van der Waals surface area contributed by atoms with Crippen molar-refractivity contribution < 1.29 is 27.8 Å². The van der Waals surface area contributed by atoms with Crippen LogP contribution in [0.15, 0.2) is 36.4 Å². The fourth-order valence-electron chi connectivity index (χ4n) is 4.05. The lowest BCUT2D eigenvalue weighted by atomic mass is 10.1. The van der Waals surface area contributed by atoms with E-state index in [9.17, 15) is 18.4 Å². The number of nitrogens with two attached hydrogens (primary N) is 1. The minimum absolute atomic E-state index is 0.228. The Hall–Kier alpha value is -3.67. The van der Waals surface area contributed by atoms with Crippen LogP contribution in [0.5, 0.6) is 5.88 Å². The number of anilines is 2. The van der Waals surface area contributed by atoms with E-state index in [2.05, 4.69) is 19.9 Å². The summed E-state index contributed by atoms with van der Waals surface area (Å²) in [6, 6.07) is 10.9. The number of ether oxygens (including phenoxy) is 2. The van der Waals surface area contributed by atoms with Gasteiger partial charge in [-0.15, -0.1) is 11.3 Å². The standard InChI is InChI=1S/C26H31F2N5O4S/c1-26(2,3)37-25(35)33-14-12-32(13-15-33)17-6-4-16(5-7-17)10-11-30-22(34)21-20(29)18-8-9-19(36-24(27)28)31-23(18)38-21/h4-9,24H,10-15,29H2,1-3H3,(H,30,34). The van der Waals surface area contributed by atoms with E-state index in [1.807, 2.05) is 45.0 Å². The number of carbonyl (C=O) groups is 2. The van der Waals surface area contributed by atoms with Gasteiger partial charge in [-0.05, 0) is 51.0 Å². The summed E-state index contributed by atoms with van der Waals surface area (Å²) >= 11 is 1.03. The van der Waals surface area contributed by atoms with Crippen molar-refractivity contribution in [2.75, 3.05) is 43.4 Å². The summed E-state index contributed by atoms with van der Waals surface area (Å²) < 4.78 is 34.7. The molecule has 0 unspecified atom stereocenters. The van der Waals surface area contributed by atoms with Crippen molar-refractivity contribution in [2.45, 2.75) is 39.4 Å². The number of amides is 2. The minimum atomic E-state index is -2.98. The van der Waals surface area contributed by atoms with Crippen LogP contribution in [0, 0.1) is 0 Å². The van der Waals surface area contributed by atoms with E-state index in [0.717, 1.165) is 35.7 Å². The van der Waals surface area contributed by atoms with Gasteiger partial charge in [0.05, 0.1) is 5.69 Å². The molecule has 1 aliphatic rings. The third kappa shape index (κ3) is 6.80. The number of fused-ring (bicyclic) bond motifs is 1. The highest BCUT2D eigenvalue weighted by Crippen LogP contribution is 2.34. The molecule has 3 heterocycles. The van der Waals surface area contributed by atoms with E-state index < -0.39 is 12.2 Å². The van der Waals surface area contributed by atoms with Gasteiger partial charge >= 0.3 is 12.7 Å². The van der Waals surface area contributed by atoms with Crippen molar-refractivity contribution >= 4 is 44.9 Å². The van der Waals surface area contributed by atoms with Crippen LogP contribution in [0.2, 0.25) is 0 Å². The smallest absolute Gasteiger partial charge is 0.410 e. The van der Waals surface area contributed by atoms with E-state index in [4.69, 9.17) is 10.5 Å². The second kappa shape index (κ2) is 11.4. The number of carbonyl (C=O) groups excluding carboxylic acids is 2. The maximum atomic E-state index is 12.7. The predicted octanol–water partition coefficient (Wildman–Crippen LogP) is 4.51. The molecule has 0 bridgehead atoms. The van der Waals surface area contributed by atoms with Crippen LogP contribution in [0.1, 0.15) is 36.0 Å². The molecule has 3 N–H and O–H groups in total. The van der Waals surface area contributed by atoms with Crippen molar-refractivity contribution in [1.29, 1.82) is 0 Å². The Kier molecular flexibility index (Phi) is 8.20. The lowest BCUT2D eigenvalue weighted by Gasteiger charge is -2.36. The zero-order chi connectivity index (χ0) is 27.4. The molecular formula is C26H31F2N5O4S. The number of rotatable bonds is 7. The molecule has 204 valence electrons. The topological polar surface area (TPSA) is 110 Å². The lowest BCUT2D eigenvalue weighted by Crippen LogP contribution is -2.50. The average molecular weight is 548 g/mol. The van der Waals surface area contributed by atoms with E-state index in [1.54, 1.807) is 4.90 Å². The van der Waals surface area contributed by atoms with Crippen molar-refractivity contribution in [3.63, 3.8) is 0 Å². The summed E-state index contributed by atoms with van der Waals surface area (Å²) in [7, 11) is 0. The third-order valence-corrected chi connectivity index (χ3v) is 7.03. The van der Waals surface area contributed by atoms with Gasteiger partial charge in [0.15, 0.2) is 0 Å². The quantitative estimate of drug-likeness (QED) is 0.448. The van der Waals surface area contributed by atoms with Crippen molar-refractivity contribution in [2.24, 2.45) is 0 Å². The first-order chi connectivity index (χ1) is 18.0. The molecule has 4 rings (SSSR count). The number of piperazine rings is 1. The van der Waals surface area contributed by atoms with Crippen LogP contribution in [0.25, 0.3) is 10.2 Å². The zero-order valence-corrected chi connectivity index (χ0v) is 22.3. The first-order valence-electron chi connectivity index (χ1n) is 12.2. The molecule has 2 amide bonds. The van der Waals surface area contributed by atoms with Gasteiger partial charge in [0.1, 0.15) is 15.3 Å². The number of nitrogen functional groups attached to an aromatic ring is 1. The van der Waals surface area contributed by atoms with E-state index >= 15 is 0 Å². The Morgan fingerprint density at radius 1 is 1.11 bits per heavy atom. The van der Waals surface area contributed by atoms with Crippen LogP contribution in [0.4, 0.5) is 25.0 Å². The Balaban J connectivity index is 1.27. The molecule has 0 aliphatic carbocycles. The number of halogens is 2. The number of hydrogen-bond acceptors (Lipinski definition) is 8. The fourth-order valence-corrected chi connectivity index (χ4v) is 5.06. The number of benzene rings is 1. The number of hydrogen-bond donors (Lipinski definition) is 2. The maximum Gasteiger partial charge on any atom is 0.410 e. The molecule has 1 saturated heterocycles. The van der Waals surface area contributed by atoms with Gasteiger partial charge in [-0.25, -0.2) is 9.78 Å². The van der Waals surface area contributed by atoms with Gasteiger partial charge in [0.2, 0.25) is 5.88 Å². The van der Waals surface area contributed by atoms with Gasteiger partial charge in [-0.2, -0.15) is 8.78 Å². The number of pyridine rings is 1. The fraction of sp³-hybridized carbons (Fsp3) is 0.423. The number of nitrogens with one attached hydrogen (secondary N) is 1. The van der Waals surface area contributed by atoms with E-state index in [1.165, 1.54) is 12.1 Å². The van der Waals surface area contributed by atoms with Gasteiger partial charge in [-0.3, -0.25) is 4.79 Å². The average Bonchev–Trinajstić information content (AvgIpc) is 3.19. The number of alkyl halides is 2. The molecule has 0 saturated carbocycles. The first-order valence-corrected chi connectivity index (χ1v) is 13.1. The predicted molar refractivity (Wildman–Crippen MR) is 143 cm³/mol. The SMILES string of the molecule is CC(C)(C)OC(=O)N1CCN(c2ccc(CCNC(=O)c3sc4nc(OC(F)F)ccc4c3N)cc2)CC1. The molecule has 38 heavy (non-hydrogen) atoms. The van der Waals surface area contributed by atoms with Crippen LogP contribution in [-0.4, -0.2) is 66.8 Å². The van der Waals surface area contributed by atoms with Crippen molar-refractivity contribution in [3.8, 4) is 5.88 Å². The summed E-state index contributed by atoms with van der Waals surface area (Å²) in [5.41, 5.74) is 7.98. The number of thiophene rings is 1. The number of aromatic nitrogens is 1. The summed E-state index contributed by atoms with van der Waals surface area (Å²) in [5, 5.41) is 3.38. The Bertz CT molecular complexity index is 1290. The summed E-state index contributed by atoms with van der Waals surface area (Å²) in [5.74, 6) is -0.574. The molecule has 1 aliphatic heterocycles. The Labute approximate surface area is 223 Å². The minimum Gasteiger partial charge on any atom is -0.444 e. The van der Waals surface area contributed by atoms with Gasteiger partial charge in [-0.1, -0.05) is 12.1 Å². The third-order valence-electron chi connectivity index (χ3n) is 5.92. The van der Waals surface area contributed by atoms with Crippen molar-refractivity contribution in [1.82, 2.24) is 15.2 Å². The molecule has 12 heteroatoms. The molecule has 1 aromatic carbocycles. The molecule has 2 aromatic heterocycles. The Morgan fingerprint density at radius 2 is 1.79 bits per heavy atom. The summed E-state index contributed by atoms with van der Waals surface area (Å²) in [4.78, 5) is 33.6. The molecular weight excluding hydrogens is 516 g/mol. The first kappa shape index (κ1) is 27.4. The molecule has 3 aromatic rings. The Morgan fingerprint density at radius 3 is 2.42 bits per heavy atom.